The highest BCUT2D eigenvalue weighted by Gasteiger charge is 2.40. The molecule has 92 valence electrons. The van der Waals surface area contributed by atoms with Crippen LogP contribution in [0.15, 0.2) is 18.2 Å². The Labute approximate surface area is 98.0 Å². The highest BCUT2D eigenvalue weighted by Crippen LogP contribution is 2.28. The number of hydrogen-bond acceptors (Lipinski definition) is 2. The SMILES string of the molecule is O=C(O)Nc1ccc(Cl)cc1C(=O)C(F)(F)F. The Hall–Kier alpha value is -1.76. The molecule has 0 atom stereocenters. The summed E-state index contributed by atoms with van der Waals surface area (Å²) in [7, 11) is 0. The Kier molecular flexibility index (Phi) is 3.62. The first-order valence-electron chi connectivity index (χ1n) is 4.13. The van der Waals surface area contributed by atoms with E-state index in [2.05, 4.69) is 0 Å². The van der Waals surface area contributed by atoms with Crippen LogP contribution in [-0.2, 0) is 0 Å². The lowest BCUT2D eigenvalue weighted by Gasteiger charge is -2.10. The van der Waals surface area contributed by atoms with Crippen molar-refractivity contribution in [2.24, 2.45) is 0 Å². The molecule has 0 aromatic heterocycles. The van der Waals surface area contributed by atoms with E-state index in [9.17, 15) is 22.8 Å². The summed E-state index contributed by atoms with van der Waals surface area (Å²) in [5.41, 5.74) is -1.31. The van der Waals surface area contributed by atoms with Crippen LogP contribution in [-0.4, -0.2) is 23.2 Å². The summed E-state index contributed by atoms with van der Waals surface area (Å²) < 4.78 is 36.6. The third-order valence-electron chi connectivity index (χ3n) is 1.73. The third-order valence-corrected chi connectivity index (χ3v) is 1.96. The smallest absolute Gasteiger partial charge is 0.454 e. The number of nitrogens with one attached hydrogen (secondary N) is 1. The van der Waals surface area contributed by atoms with Crippen molar-refractivity contribution in [1.29, 1.82) is 0 Å². The standard InChI is InChI=1S/C9H5ClF3NO3/c10-4-1-2-6(14-8(16)17)5(3-4)7(15)9(11,12)13/h1-3,14H,(H,16,17). The number of carbonyl (C=O) groups is 2. The summed E-state index contributed by atoms with van der Waals surface area (Å²) in [6.45, 7) is 0. The molecule has 0 fully saturated rings. The fraction of sp³-hybridized carbons (Fsp3) is 0.111. The first kappa shape index (κ1) is 13.3. The maximum Gasteiger partial charge on any atom is 0.454 e. The number of Topliss-reactive ketones (excluding diaryl/α,β-unsaturated/α-hetero) is 1. The van der Waals surface area contributed by atoms with Crippen LogP contribution in [0.4, 0.5) is 23.7 Å². The molecule has 1 amide bonds. The van der Waals surface area contributed by atoms with Crippen molar-refractivity contribution in [2.75, 3.05) is 5.32 Å². The maximum atomic E-state index is 12.2. The second kappa shape index (κ2) is 4.62. The second-order valence-corrected chi connectivity index (χ2v) is 3.38. The number of ketones is 1. The zero-order valence-electron chi connectivity index (χ0n) is 8.01. The second-order valence-electron chi connectivity index (χ2n) is 2.95. The molecule has 2 N–H and O–H groups in total. The average molecular weight is 268 g/mol. The fourth-order valence-electron chi connectivity index (χ4n) is 1.08. The molecule has 1 aromatic rings. The molecule has 0 heterocycles. The number of carbonyl (C=O) groups excluding carboxylic acids is 1. The first-order valence-corrected chi connectivity index (χ1v) is 4.50. The Balaban J connectivity index is 3.25. The van der Waals surface area contributed by atoms with Gasteiger partial charge in [-0.2, -0.15) is 13.2 Å². The Morgan fingerprint density at radius 2 is 1.88 bits per heavy atom. The number of rotatable bonds is 2. The Bertz CT molecular complexity index is 473. The number of anilines is 1. The van der Waals surface area contributed by atoms with E-state index in [0.717, 1.165) is 12.1 Å². The van der Waals surface area contributed by atoms with Gasteiger partial charge in [-0.1, -0.05) is 11.6 Å². The lowest BCUT2D eigenvalue weighted by molar-refractivity contribution is -0.0884. The molecule has 0 aliphatic rings. The summed E-state index contributed by atoms with van der Waals surface area (Å²) in [5.74, 6) is -2.16. The van der Waals surface area contributed by atoms with Gasteiger partial charge in [0.15, 0.2) is 0 Å². The van der Waals surface area contributed by atoms with Crippen molar-refractivity contribution >= 4 is 29.2 Å². The van der Waals surface area contributed by atoms with Crippen molar-refractivity contribution in [3.8, 4) is 0 Å². The molecule has 0 spiro atoms. The number of hydrogen-bond donors (Lipinski definition) is 2. The minimum atomic E-state index is -5.10. The first-order chi connectivity index (χ1) is 7.71. The largest absolute Gasteiger partial charge is 0.465 e. The molecule has 4 nitrogen and oxygen atoms in total. The van der Waals surface area contributed by atoms with E-state index in [4.69, 9.17) is 16.7 Å². The zero-order valence-corrected chi connectivity index (χ0v) is 8.76. The van der Waals surface area contributed by atoms with Crippen LogP contribution in [0.2, 0.25) is 5.02 Å². The quantitative estimate of drug-likeness (QED) is 0.809. The van der Waals surface area contributed by atoms with Crippen LogP contribution >= 0.6 is 11.6 Å². The molecule has 1 rings (SSSR count). The summed E-state index contributed by atoms with van der Waals surface area (Å²) in [6, 6.07) is 2.90. The Morgan fingerprint density at radius 1 is 1.29 bits per heavy atom. The number of amides is 1. The van der Waals surface area contributed by atoms with E-state index in [1.54, 1.807) is 5.32 Å². The highest BCUT2D eigenvalue weighted by molar-refractivity contribution is 6.31. The molecule has 0 saturated carbocycles. The van der Waals surface area contributed by atoms with Gasteiger partial charge in [-0.3, -0.25) is 10.1 Å². The van der Waals surface area contributed by atoms with Crippen LogP contribution < -0.4 is 5.32 Å². The summed E-state index contributed by atoms with van der Waals surface area (Å²) in [5, 5.41) is 10.00. The monoisotopic (exact) mass is 267 g/mol. The lowest BCUT2D eigenvalue weighted by Crippen LogP contribution is -2.24. The minimum Gasteiger partial charge on any atom is -0.465 e. The average Bonchev–Trinajstić information content (AvgIpc) is 2.17. The van der Waals surface area contributed by atoms with Gasteiger partial charge in [0.25, 0.3) is 5.78 Å². The molecule has 0 radical (unpaired) electrons. The van der Waals surface area contributed by atoms with Crippen LogP contribution in [0.1, 0.15) is 10.4 Å². The molecule has 0 aliphatic heterocycles. The Morgan fingerprint density at radius 3 is 2.35 bits per heavy atom. The normalized spacial score (nSPS) is 11.1. The van der Waals surface area contributed by atoms with Gasteiger partial charge in [0.2, 0.25) is 0 Å². The van der Waals surface area contributed by atoms with Crippen LogP contribution in [0.3, 0.4) is 0 Å². The molecule has 0 bridgehead atoms. The molecule has 8 heteroatoms. The maximum absolute atomic E-state index is 12.2. The zero-order chi connectivity index (χ0) is 13.2. The molecule has 0 aliphatic carbocycles. The molecule has 1 aromatic carbocycles. The van der Waals surface area contributed by atoms with Crippen LogP contribution in [0.5, 0.6) is 0 Å². The van der Waals surface area contributed by atoms with Gasteiger partial charge in [-0.15, -0.1) is 0 Å². The van der Waals surface area contributed by atoms with Gasteiger partial charge in [0.05, 0.1) is 11.3 Å². The number of benzene rings is 1. The topological polar surface area (TPSA) is 66.4 Å². The van der Waals surface area contributed by atoms with Crippen molar-refractivity contribution in [1.82, 2.24) is 0 Å². The molecule has 0 saturated heterocycles. The number of carboxylic acid groups (broad SMARTS) is 1. The van der Waals surface area contributed by atoms with Crippen LogP contribution in [0, 0.1) is 0 Å². The van der Waals surface area contributed by atoms with Crippen LogP contribution in [0.25, 0.3) is 0 Å². The predicted octanol–water partition coefficient (Wildman–Crippen LogP) is 3.17. The van der Waals surface area contributed by atoms with Gasteiger partial charge >= 0.3 is 12.3 Å². The summed E-state index contributed by atoms with van der Waals surface area (Å²) >= 11 is 5.45. The van der Waals surface area contributed by atoms with Gasteiger partial charge < -0.3 is 5.11 Å². The number of halogens is 4. The molecular formula is C9H5ClF3NO3. The minimum absolute atomic E-state index is 0.103. The lowest BCUT2D eigenvalue weighted by atomic mass is 10.1. The van der Waals surface area contributed by atoms with Gasteiger partial charge in [-0.05, 0) is 18.2 Å². The van der Waals surface area contributed by atoms with Gasteiger partial charge in [0.1, 0.15) is 0 Å². The number of alkyl halides is 3. The van der Waals surface area contributed by atoms with E-state index < -0.39 is 29.3 Å². The summed E-state index contributed by atoms with van der Waals surface area (Å²) in [4.78, 5) is 21.3. The van der Waals surface area contributed by atoms with Crippen molar-refractivity contribution in [2.45, 2.75) is 6.18 Å². The van der Waals surface area contributed by atoms with E-state index in [0.29, 0.717) is 0 Å². The van der Waals surface area contributed by atoms with E-state index in [1.807, 2.05) is 0 Å². The van der Waals surface area contributed by atoms with Crippen molar-refractivity contribution in [3.05, 3.63) is 28.8 Å². The molecule has 17 heavy (non-hydrogen) atoms. The molecular weight excluding hydrogens is 263 g/mol. The third kappa shape index (κ3) is 3.35. The predicted molar refractivity (Wildman–Crippen MR) is 53.5 cm³/mol. The van der Waals surface area contributed by atoms with E-state index in [-0.39, 0.29) is 5.02 Å². The fourth-order valence-corrected chi connectivity index (χ4v) is 1.25. The van der Waals surface area contributed by atoms with Gasteiger partial charge in [-0.25, -0.2) is 4.79 Å². The summed E-state index contributed by atoms with van der Waals surface area (Å²) in [6.07, 6.45) is -6.68. The van der Waals surface area contributed by atoms with E-state index in [1.165, 1.54) is 6.07 Å². The van der Waals surface area contributed by atoms with Crippen molar-refractivity contribution < 1.29 is 27.9 Å². The van der Waals surface area contributed by atoms with Crippen molar-refractivity contribution in [3.63, 3.8) is 0 Å². The van der Waals surface area contributed by atoms with E-state index >= 15 is 0 Å². The highest BCUT2D eigenvalue weighted by atomic mass is 35.5. The molecule has 0 unspecified atom stereocenters. The van der Waals surface area contributed by atoms with Gasteiger partial charge in [0, 0.05) is 5.02 Å².